The maximum atomic E-state index is 10.4. The van der Waals surface area contributed by atoms with E-state index in [1.54, 1.807) is 0 Å². The molecular formula is C7H13NO. The van der Waals surface area contributed by atoms with Gasteiger partial charge in [0.2, 0.25) is 0 Å². The van der Waals surface area contributed by atoms with Crippen LogP contribution in [0.25, 0.3) is 0 Å². The number of hydrogen-bond donors (Lipinski definition) is 1. The second kappa shape index (κ2) is 3.41. The van der Waals surface area contributed by atoms with Crippen LogP contribution in [0.3, 0.4) is 0 Å². The van der Waals surface area contributed by atoms with E-state index < -0.39 is 0 Å². The number of Topliss-reactive ketones (excluding diaryl/α,β-unsaturated/α-hetero) is 1. The second-order valence-corrected chi connectivity index (χ2v) is 2.36. The molecule has 0 aliphatic carbocycles. The molecule has 0 amide bonds. The lowest BCUT2D eigenvalue weighted by Crippen LogP contribution is -2.23. The molecule has 0 aliphatic heterocycles. The second-order valence-electron chi connectivity index (χ2n) is 2.36. The number of carbonyl (C=O) groups is 1. The van der Waals surface area contributed by atoms with Crippen LogP contribution in [0.4, 0.5) is 0 Å². The highest BCUT2D eigenvalue weighted by Crippen LogP contribution is 1.99. The van der Waals surface area contributed by atoms with Gasteiger partial charge in [0, 0.05) is 12.5 Å². The molecule has 0 radical (unpaired) electrons. The highest BCUT2D eigenvalue weighted by Gasteiger charge is 2.04. The number of ketones is 1. The van der Waals surface area contributed by atoms with Crippen molar-refractivity contribution in [3.05, 3.63) is 12.2 Å². The van der Waals surface area contributed by atoms with Crippen LogP contribution in [0.5, 0.6) is 0 Å². The van der Waals surface area contributed by atoms with Gasteiger partial charge in [0.05, 0.1) is 0 Å². The van der Waals surface area contributed by atoms with Crippen molar-refractivity contribution in [2.75, 3.05) is 0 Å². The number of hydrogen-bond acceptors (Lipinski definition) is 2. The van der Waals surface area contributed by atoms with Crippen molar-refractivity contribution in [1.29, 1.82) is 0 Å². The molecule has 0 fully saturated rings. The average Bonchev–Trinajstić information content (AvgIpc) is 1.63. The third-order valence-electron chi connectivity index (χ3n) is 1.14. The third-order valence-corrected chi connectivity index (χ3v) is 1.14. The third kappa shape index (κ3) is 3.91. The highest BCUT2D eigenvalue weighted by molar-refractivity contribution is 5.76. The molecule has 0 rings (SSSR count). The van der Waals surface area contributed by atoms with Gasteiger partial charge in [0.25, 0.3) is 0 Å². The summed E-state index contributed by atoms with van der Waals surface area (Å²) in [5, 5.41) is 0. The van der Waals surface area contributed by atoms with Crippen molar-refractivity contribution in [2.24, 2.45) is 5.73 Å². The van der Waals surface area contributed by atoms with Gasteiger partial charge in [-0.25, -0.2) is 0 Å². The van der Waals surface area contributed by atoms with E-state index in [1.165, 1.54) is 6.92 Å². The minimum atomic E-state index is -0.150. The van der Waals surface area contributed by atoms with Crippen molar-refractivity contribution in [2.45, 2.75) is 26.3 Å². The smallest absolute Gasteiger partial charge is 0.131 e. The molecule has 2 heteroatoms. The standard InChI is InChI=1S/C7H13NO/c1-5(2)7(8)4-6(3)9/h7H,1,4,8H2,2-3H3. The zero-order chi connectivity index (χ0) is 7.44. The minimum Gasteiger partial charge on any atom is -0.324 e. The van der Waals surface area contributed by atoms with Gasteiger partial charge in [-0.05, 0) is 13.8 Å². The summed E-state index contributed by atoms with van der Waals surface area (Å²) in [6, 6.07) is -0.150. The minimum absolute atomic E-state index is 0.116. The fourth-order valence-corrected chi connectivity index (χ4v) is 0.484. The van der Waals surface area contributed by atoms with Crippen molar-refractivity contribution < 1.29 is 4.79 Å². The van der Waals surface area contributed by atoms with Crippen LogP contribution in [0.2, 0.25) is 0 Å². The number of carbonyl (C=O) groups excluding carboxylic acids is 1. The fourth-order valence-electron chi connectivity index (χ4n) is 0.484. The lowest BCUT2D eigenvalue weighted by molar-refractivity contribution is -0.117. The van der Waals surface area contributed by atoms with Crippen molar-refractivity contribution in [1.82, 2.24) is 0 Å². The first-order valence-corrected chi connectivity index (χ1v) is 2.94. The van der Waals surface area contributed by atoms with Gasteiger partial charge in [0.1, 0.15) is 5.78 Å². The van der Waals surface area contributed by atoms with E-state index in [-0.39, 0.29) is 11.8 Å². The lowest BCUT2D eigenvalue weighted by atomic mass is 10.1. The molecule has 0 aromatic carbocycles. The Morgan fingerprint density at radius 2 is 2.11 bits per heavy atom. The molecule has 0 aliphatic rings. The zero-order valence-corrected chi connectivity index (χ0v) is 5.98. The molecule has 0 saturated carbocycles. The van der Waals surface area contributed by atoms with E-state index >= 15 is 0 Å². The van der Waals surface area contributed by atoms with Crippen LogP contribution >= 0.6 is 0 Å². The normalized spacial score (nSPS) is 12.8. The fraction of sp³-hybridized carbons (Fsp3) is 0.571. The maximum absolute atomic E-state index is 10.4. The Bertz CT molecular complexity index is 129. The quantitative estimate of drug-likeness (QED) is 0.571. The summed E-state index contributed by atoms with van der Waals surface area (Å²) < 4.78 is 0. The Morgan fingerprint density at radius 1 is 1.67 bits per heavy atom. The molecule has 9 heavy (non-hydrogen) atoms. The van der Waals surface area contributed by atoms with E-state index in [1.807, 2.05) is 6.92 Å². The average molecular weight is 127 g/mol. The summed E-state index contributed by atoms with van der Waals surface area (Å²) in [7, 11) is 0. The van der Waals surface area contributed by atoms with Gasteiger partial charge in [-0.15, -0.1) is 0 Å². The Kier molecular flexibility index (Phi) is 3.17. The topological polar surface area (TPSA) is 43.1 Å². The summed E-state index contributed by atoms with van der Waals surface area (Å²) in [5.74, 6) is 0.116. The number of nitrogens with two attached hydrogens (primary N) is 1. The molecule has 2 nitrogen and oxygen atoms in total. The van der Waals surface area contributed by atoms with E-state index in [4.69, 9.17) is 5.73 Å². The van der Waals surface area contributed by atoms with Gasteiger partial charge in [-0.1, -0.05) is 12.2 Å². The monoisotopic (exact) mass is 127 g/mol. The Morgan fingerprint density at radius 3 is 2.22 bits per heavy atom. The molecule has 0 spiro atoms. The first-order valence-electron chi connectivity index (χ1n) is 2.94. The summed E-state index contributed by atoms with van der Waals surface area (Å²) in [4.78, 5) is 10.4. The van der Waals surface area contributed by atoms with Crippen LogP contribution in [0, 0.1) is 0 Å². The van der Waals surface area contributed by atoms with Gasteiger partial charge < -0.3 is 5.73 Å². The van der Waals surface area contributed by atoms with Crippen molar-refractivity contribution in [3.8, 4) is 0 Å². The van der Waals surface area contributed by atoms with Crippen molar-refractivity contribution in [3.63, 3.8) is 0 Å². The van der Waals surface area contributed by atoms with Crippen molar-refractivity contribution >= 4 is 5.78 Å². The van der Waals surface area contributed by atoms with Crippen LogP contribution < -0.4 is 5.73 Å². The van der Waals surface area contributed by atoms with Gasteiger partial charge in [0.15, 0.2) is 0 Å². The SMILES string of the molecule is C=C(C)C(N)CC(C)=O. The van der Waals surface area contributed by atoms with E-state index in [0.717, 1.165) is 5.57 Å². The molecule has 1 unspecified atom stereocenters. The predicted octanol–water partition coefficient (Wildman–Crippen LogP) is 0.869. The van der Waals surface area contributed by atoms with Gasteiger partial charge in [-0.2, -0.15) is 0 Å². The number of rotatable bonds is 3. The van der Waals surface area contributed by atoms with E-state index in [0.29, 0.717) is 6.42 Å². The Hall–Kier alpha value is -0.630. The lowest BCUT2D eigenvalue weighted by Gasteiger charge is -2.06. The zero-order valence-electron chi connectivity index (χ0n) is 5.98. The Balaban J connectivity index is 3.63. The van der Waals surface area contributed by atoms with Crippen LogP contribution in [0.15, 0.2) is 12.2 Å². The molecule has 0 heterocycles. The summed E-state index contributed by atoms with van der Waals surface area (Å²) in [5.41, 5.74) is 6.36. The molecule has 2 N–H and O–H groups in total. The molecule has 0 aromatic rings. The Labute approximate surface area is 55.7 Å². The van der Waals surface area contributed by atoms with E-state index in [2.05, 4.69) is 6.58 Å². The first-order chi connectivity index (χ1) is 4.04. The molecule has 0 aromatic heterocycles. The molecule has 0 saturated heterocycles. The van der Waals surface area contributed by atoms with Crippen LogP contribution in [0.1, 0.15) is 20.3 Å². The van der Waals surface area contributed by atoms with Gasteiger partial charge >= 0.3 is 0 Å². The summed E-state index contributed by atoms with van der Waals surface area (Å²) in [6.45, 7) is 6.99. The molecule has 0 bridgehead atoms. The van der Waals surface area contributed by atoms with Gasteiger partial charge in [-0.3, -0.25) is 4.79 Å². The maximum Gasteiger partial charge on any atom is 0.131 e. The highest BCUT2D eigenvalue weighted by atomic mass is 16.1. The predicted molar refractivity (Wildman–Crippen MR) is 38.1 cm³/mol. The summed E-state index contributed by atoms with van der Waals surface area (Å²) in [6.07, 6.45) is 0.412. The summed E-state index contributed by atoms with van der Waals surface area (Å²) >= 11 is 0. The molecule has 1 atom stereocenters. The molecular weight excluding hydrogens is 114 g/mol. The van der Waals surface area contributed by atoms with Crippen LogP contribution in [-0.2, 0) is 4.79 Å². The van der Waals surface area contributed by atoms with E-state index in [9.17, 15) is 4.79 Å². The molecule has 52 valence electrons. The van der Waals surface area contributed by atoms with Crippen LogP contribution in [-0.4, -0.2) is 11.8 Å². The first kappa shape index (κ1) is 8.37. The largest absolute Gasteiger partial charge is 0.324 e.